The van der Waals surface area contributed by atoms with Crippen LogP contribution in [0.1, 0.15) is 33.6 Å². The monoisotopic (exact) mass is 243 g/mol. The van der Waals surface area contributed by atoms with Crippen LogP contribution in [0.3, 0.4) is 0 Å². The SMILES string of the molecule is CCN(CCO)C(=O)[C@@H]1CCCO[C@@H]1C(C)C. The number of aliphatic hydroxyl groups is 1. The van der Waals surface area contributed by atoms with E-state index in [4.69, 9.17) is 9.84 Å². The number of amides is 1. The Hall–Kier alpha value is -0.610. The number of hydrogen-bond acceptors (Lipinski definition) is 3. The van der Waals surface area contributed by atoms with E-state index < -0.39 is 0 Å². The molecule has 4 nitrogen and oxygen atoms in total. The van der Waals surface area contributed by atoms with Crippen molar-refractivity contribution in [3.05, 3.63) is 0 Å². The number of ether oxygens (including phenoxy) is 1. The van der Waals surface area contributed by atoms with E-state index in [2.05, 4.69) is 13.8 Å². The minimum absolute atomic E-state index is 0.0273. The van der Waals surface area contributed by atoms with Gasteiger partial charge in [0.1, 0.15) is 0 Å². The van der Waals surface area contributed by atoms with E-state index in [1.807, 2.05) is 6.92 Å². The Kier molecular flexibility index (Phi) is 5.92. The molecule has 1 saturated heterocycles. The van der Waals surface area contributed by atoms with Gasteiger partial charge in [-0.15, -0.1) is 0 Å². The molecule has 0 aliphatic carbocycles. The first-order chi connectivity index (χ1) is 8.11. The zero-order valence-electron chi connectivity index (χ0n) is 11.2. The zero-order valence-corrected chi connectivity index (χ0v) is 11.2. The van der Waals surface area contributed by atoms with Gasteiger partial charge < -0.3 is 14.7 Å². The third-order valence-electron chi connectivity index (χ3n) is 3.40. The highest BCUT2D eigenvalue weighted by Crippen LogP contribution is 2.27. The van der Waals surface area contributed by atoms with Crippen LogP contribution < -0.4 is 0 Å². The number of rotatable bonds is 5. The van der Waals surface area contributed by atoms with E-state index >= 15 is 0 Å². The maximum Gasteiger partial charge on any atom is 0.228 e. The summed E-state index contributed by atoms with van der Waals surface area (Å²) in [6.45, 7) is 8.01. The summed E-state index contributed by atoms with van der Waals surface area (Å²) in [5, 5.41) is 8.96. The van der Waals surface area contributed by atoms with Gasteiger partial charge in [0, 0.05) is 19.7 Å². The number of nitrogens with zero attached hydrogens (tertiary/aromatic N) is 1. The van der Waals surface area contributed by atoms with E-state index in [-0.39, 0.29) is 24.5 Å². The lowest BCUT2D eigenvalue weighted by Gasteiger charge is -2.36. The minimum atomic E-state index is -0.0322. The molecule has 100 valence electrons. The van der Waals surface area contributed by atoms with Crippen LogP contribution >= 0.6 is 0 Å². The van der Waals surface area contributed by atoms with Gasteiger partial charge in [-0.25, -0.2) is 0 Å². The van der Waals surface area contributed by atoms with Crippen LogP contribution in [-0.2, 0) is 9.53 Å². The molecule has 0 radical (unpaired) electrons. The highest BCUT2D eigenvalue weighted by atomic mass is 16.5. The topological polar surface area (TPSA) is 49.8 Å². The molecule has 1 aliphatic rings. The minimum Gasteiger partial charge on any atom is -0.395 e. The molecule has 1 fully saturated rings. The lowest BCUT2D eigenvalue weighted by atomic mass is 9.86. The van der Waals surface area contributed by atoms with Crippen LogP contribution in [0.4, 0.5) is 0 Å². The fourth-order valence-corrected chi connectivity index (χ4v) is 2.50. The molecule has 0 aromatic carbocycles. The molecular formula is C13H25NO3. The van der Waals surface area contributed by atoms with Crippen LogP contribution in [0, 0.1) is 11.8 Å². The summed E-state index contributed by atoms with van der Waals surface area (Å²) in [6, 6.07) is 0. The van der Waals surface area contributed by atoms with Crippen LogP contribution in [0.15, 0.2) is 0 Å². The largest absolute Gasteiger partial charge is 0.395 e. The maximum atomic E-state index is 12.4. The summed E-state index contributed by atoms with van der Waals surface area (Å²) in [5.41, 5.74) is 0. The van der Waals surface area contributed by atoms with Crippen molar-refractivity contribution in [2.75, 3.05) is 26.3 Å². The predicted octanol–water partition coefficient (Wildman–Crippen LogP) is 1.28. The normalized spacial score (nSPS) is 25.0. The van der Waals surface area contributed by atoms with Crippen LogP contribution in [0.2, 0.25) is 0 Å². The second-order valence-electron chi connectivity index (χ2n) is 4.97. The second kappa shape index (κ2) is 6.97. The third-order valence-corrected chi connectivity index (χ3v) is 3.40. The zero-order chi connectivity index (χ0) is 12.8. The van der Waals surface area contributed by atoms with Gasteiger partial charge in [-0.3, -0.25) is 4.79 Å². The summed E-state index contributed by atoms with van der Waals surface area (Å²) in [6.07, 6.45) is 1.89. The number of hydrogen-bond donors (Lipinski definition) is 1. The molecule has 17 heavy (non-hydrogen) atoms. The lowest BCUT2D eigenvalue weighted by molar-refractivity contribution is -0.148. The summed E-state index contributed by atoms with van der Waals surface area (Å²) >= 11 is 0. The standard InChI is InChI=1S/C13H25NO3/c1-4-14(7-8-15)13(16)11-6-5-9-17-12(11)10(2)3/h10-12,15H,4-9H2,1-3H3/t11-,12-/m1/s1. The Morgan fingerprint density at radius 1 is 1.53 bits per heavy atom. The fraction of sp³-hybridized carbons (Fsp3) is 0.923. The second-order valence-corrected chi connectivity index (χ2v) is 4.97. The first kappa shape index (κ1) is 14.5. The van der Waals surface area contributed by atoms with E-state index in [1.165, 1.54) is 0 Å². The Morgan fingerprint density at radius 3 is 2.76 bits per heavy atom. The number of likely N-dealkylation sites (N-methyl/N-ethyl adjacent to an activating group) is 1. The van der Waals surface area contributed by atoms with E-state index in [0.717, 1.165) is 19.4 Å². The van der Waals surface area contributed by atoms with Crippen molar-refractivity contribution in [2.45, 2.75) is 39.7 Å². The molecule has 0 saturated carbocycles. The van der Waals surface area contributed by atoms with Gasteiger partial charge in [-0.2, -0.15) is 0 Å². The highest BCUT2D eigenvalue weighted by molar-refractivity contribution is 5.79. The molecule has 0 bridgehead atoms. The molecule has 1 heterocycles. The van der Waals surface area contributed by atoms with E-state index in [0.29, 0.717) is 19.0 Å². The van der Waals surface area contributed by atoms with Crippen molar-refractivity contribution in [2.24, 2.45) is 11.8 Å². The van der Waals surface area contributed by atoms with Gasteiger partial charge in [0.05, 0.1) is 18.6 Å². The fourth-order valence-electron chi connectivity index (χ4n) is 2.50. The third kappa shape index (κ3) is 3.68. The van der Waals surface area contributed by atoms with Crippen molar-refractivity contribution in [1.82, 2.24) is 4.90 Å². The van der Waals surface area contributed by atoms with Crippen molar-refractivity contribution >= 4 is 5.91 Å². The molecule has 0 aromatic heterocycles. The van der Waals surface area contributed by atoms with E-state index in [9.17, 15) is 4.79 Å². The first-order valence-corrected chi connectivity index (χ1v) is 6.63. The average Bonchev–Trinajstić information content (AvgIpc) is 2.35. The Morgan fingerprint density at radius 2 is 2.24 bits per heavy atom. The quantitative estimate of drug-likeness (QED) is 0.791. The van der Waals surface area contributed by atoms with Gasteiger partial charge in [-0.1, -0.05) is 13.8 Å². The summed E-state index contributed by atoms with van der Waals surface area (Å²) in [7, 11) is 0. The Bertz CT molecular complexity index is 243. The van der Waals surface area contributed by atoms with Crippen molar-refractivity contribution in [1.29, 1.82) is 0 Å². The van der Waals surface area contributed by atoms with Gasteiger partial charge in [-0.05, 0) is 25.7 Å². The Balaban J connectivity index is 2.69. The lowest BCUT2D eigenvalue weighted by Crippen LogP contribution is -2.46. The van der Waals surface area contributed by atoms with Crippen LogP contribution in [0.5, 0.6) is 0 Å². The Labute approximate surface area is 104 Å². The van der Waals surface area contributed by atoms with Gasteiger partial charge in [0.15, 0.2) is 0 Å². The predicted molar refractivity (Wildman–Crippen MR) is 66.6 cm³/mol. The molecule has 1 amide bonds. The molecule has 1 N–H and O–H groups in total. The molecule has 2 atom stereocenters. The smallest absolute Gasteiger partial charge is 0.228 e. The summed E-state index contributed by atoms with van der Waals surface area (Å²) in [5.74, 6) is 0.465. The first-order valence-electron chi connectivity index (χ1n) is 6.63. The maximum absolute atomic E-state index is 12.4. The van der Waals surface area contributed by atoms with Crippen molar-refractivity contribution in [3.8, 4) is 0 Å². The molecule has 4 heteroatoms. The van der Waals surface area contributed by atoms with Gasteiger partial charge >= 0.3 is 0 Å². The van der Waals surface area contributed by atoms with Crippen LogP contribution in [-0.4, -0.2) is 48.3 Å². The highest BCUT2D eigenvalue weighted by Gasteiger charge is 2.35. The number of aliphatic hydroxyl groups excluding tert-OH is 1. The molecule has 1 rings (SSSR count). The van der Waals surface area contributed by atoms with Crippen LogP contribution in [0.25, 0.3) is 0 Å². The van der Waals surface area contributed by atoms with Gasteiger partial charge in [0.25, 0.3) is 0 Å². The molecule has 0 unspecified atom stereocenters. The average molecular weight is 243 g/mol. The number of carbonyl (C=O) groups is 1. The number of carbonyl (C=O) groups excluding carboxylic acids is 1. The molecule has 0 aromatic rings. The molecular weight excluding hydrogens is 218 g/mol. The van der Waals surface area contributed by atoms with Crippen molar-refractivity contribution in [3.63, 3.8) is 0 Å². The van der Waals surface area contributed by atoms with E-state index in [1.54, 1.807) is 4.90 Å². The van der Waals surface area contributed by atoms with Crippen molar-refractivity contribution < 1.29 is 14.6 Å². The summed E-state index contributed by atoms with van der Waals surface area (Å²) < 4.78 is 5.74. The molecule has 0 spiro atoms. The summed E-state index contributed by atoms with van der Waals surface area (Å²) in [4.78, 5) is 14.1. The molecule has 1 aliphatic heterocycles. The van der Waals surface area contributed by atoms with Gasteiger partial charge in [0.2, 0.25) is 5.91 Å².